The Morgan fingerprint density at radius 3 is 2.45 bits per heavy atom. The summed E-state index contributed by atoms with van der Waals surface area (Å²) in [5, 5.41) is 28.3. The Bertz CT molecular complexity index is 2080. The number of halogens is 2. The highest BCUT2D eigenvalue weighted by Crippen LogP contribution is 2.52. The van der Waals surface area contributed by atoms with Gasteiger partial charge in [-0.3, -0.25) is 19.5 Å². The summed E-state index contributed by atoms with van der Waals surface area (Å²) in [5.41, 5.74) is 16.3. The molecule has 8 rings (SSSR count). The third-order valence-corrected chi connectivity index (χ3v) is 16.7. The lowest BCUT2D eigenvalue weighted by atomic mass is 9.84. The minimum absolute atomic E-state index is 0.0171. The highest BCUT2D eigenvalue weighted by molar-refractivity contribution is 8.00. The molecule has 65 heavy (non-hydrogen) atoms. The molecule has 4 saturated heterocycles. The van der Waals surface area contributed by atoms with Crippen LogP contribution in [0.2, 0.25) is 10.0 Å². The molecule has 9 unspecified atom stereocenters. The van der Waals surface area contributed by atoms with Crippen LogP contribution in [-0.2, 0) is 14.3 Å². The first kappa shape index (κ1) is 48.3. The molecular formula is C47H64Cl2N10O5S. The first-order valence-electron chi connectivity index (χ1n) is 23.6. The maximum Gasteiger partial charge on any atom is 0.264 e. The van der Waals surface area contributed by atoms with E-state index in [4.69, 9.17) is 42.9 Å². The fraction of sp³-hybridized carbons (Fsp3) is 0.638. The van der Waals surface area contributed by atoms with Crippen LogP contribution in [0.1, 0.15) is 109 Å². The SMILES string of the molecule is CC1SC2C(C(c3ccc(Cl)cc3)=N[C@@H](CC(=O)NCCCCCOC3CCN(C4CCC(C(=O)N=C5CCC(Oc6ccc(C#N)c(Cl)c6)CC5)NN4)CC3)C3NNC(C)[N+]23[O-])C1C. The average Bonchev–Trinajstić information content (AvgIpc) is 3.75. The summed E-state index contributed by atoms with van der Waals surface area (Å²) in [4.78, 5) is 38.7. The zero-order valence-electron chi connectivity index (χ0n) is 37.6. The van der Waals surface area contributed by atoms with Crippen LogP contribution in [0.3, 0.4) is 0 Å². The zero-order chi connectivity index (χ0) is 45.7. The van der Waals surface area contributed by atoms with Gasteiger partial charge in [0.15, 0.2) is 12.3 Å². The maximum absolute atomic E-state index is 15.0. The summed E-state index contributed by atoms with van der Waals surface area (Å²) in [6.45, 7) is 9.45. The number of nitrogens with one attached hydrogen (secondary N) is 5. The van der Waals surface area contributed by atoms with E-state index in [1.807, 2.05) is 31.2 Å². The number of quaternary nitrogens is 1. The number of thioether (sulfide) groups is 1. The first-order chi connectivity index (χ1) is 31.4. The number of benzene rings is 2. The Hall–Kier alpha value is -3.18. The van der Waals surface area contributed by atoms with Crippen molar-refractivity contribution in [2.24, 2.45) is 21.8 Å². The average molecular weight is 952 g/mol. The number of rotatable bonds is 14. The van der Waals surface area contributed by atoms with Gasteiger partial charge in [-0.1, -0.05) is 60.9 Å². The van der Waals surface area contributed by atoms with Gasteiger partial charge in [0.25, 0.3) is 5.91 Å². The number of fused-ring (bicyclic) bond motifs is 3. The normalized spacial score (nSPS) is 33.0. The van der Waals surface area contributed by atoms with Crippen molar-refractivity contribution >= 4 is 58.2 Å². The minimum Gasteiger partial charge on any atom is -0.630 e. The van der Waals surface area contributed by atoms with Gasteiger partial charge in [-0.25, -0.2) is 21.3 Å². The number of unbranched alkanes of at least 4 members (excludes halogenated alkanes) is 2. The second-order valence-corrected chi connectivity index (χ2v) is 21.0. The molecule has 352 valence electrons. The van der Waals surface area contributed by atoms with E-state index in [-0.39, 0.29) is 66.0 Å². The van der Waals surface area contributed by atoms with Gasteiger partial charge in [-0.05, 0) is 106 Å². The fourth-order valence-electron chi connectivity index (χ4n) is 10.3. The number of likely N-dealkylation sites (tertiary alicyclic amines) is 1. The molecule has 5 N–H and O–H groups in total. The van der Waals surface area contributed by atoms with Crippen molar-refractivity contribution in [1.82, 2.24) is 31.9 Å². The number of piperidine rings is 1. The van der Waals surface area contributed by atoms with E-state index in [0.29, 0.717) is 52.6 Å². The van der Waals surface area contributed by atoms with Crippen molar-refractivity contribution < 1.29 is 23.7 Å². The van der Waals surface area contributed by atoms with E-state index in [1.165, 1.54) is 0 Å². The first-order valence-corrected chi connectivity index (χ1v) is 25.3. The topological polar surface area (TPSA) is 188 Å². The van der Waals surface area contributed by atoms with Gasteiger partial charge in [0.05, 0.1) is 47.0 Å². The molecule has 18 heteroatoms. The summed E-state index contributed by atoms with van der Waals surface area (Å²) in [6.07, 6.45) is 8.75. The predicted molar refractivity (Wildman–Crippen MR) is 255 cm³/mol. The lowest BCUT2D eigenvalue weighted by Crippen LogP contribution is -2.62. The van der Waals surface area contributed by atoms with Crippen molar-refractivity contribution in [3.05, 3.63) is 68.8 Å². The van der Waals surface area contributed by atoms with Gasteiger partial charge in [-0.2, -0.15) is 10.7 Å². The van der Waals surface area contributed by atoms with Gasteiger partial charge < -0.3 is 24.6 Å². The molecule has 5 fully saturated rings. The number of ether oxygens (including phenoxy) is 2. The van der Waals surface area contributed by atoms with E-state index >= 15 is 0 Å². The molecule has 0 radical (unpaired) electrons. The number of hydroxylamine groups is 3. The number of carbonyl (C=O) groups is 2. The third kappa shape index (κ3) is 11.2. The molecule has 0 aromatic heterocycles. The molecule has 2 aromatic rings. The number of nitriles is 1. The lowest BCUT2D eigenvalue weighted by Gasteiger charge is -2.51. The largest absolute Gasteiger partial charge is 0.630 e. The minimum atomic E-state index is -0.588. The van der Waals surface area contributed by atoms with Crippen LogP contribution in [0, 0.1) is 28.4 Å². The van der Waals surface area contributed by atoms with Crippen LogP contribution in [0.4, 0.5) is 0 Å². The molecule has 0 bridgehead atoms. The van der Waals surface area contributed by atoms with E-state index < -0.39 is 16.9 Å². The summed E-state index contributed by atoms with van der Waals surface area (Å²) in [6, 6.07) is 14.0. The monoisotopic (exact) mass is 950 g/mol. The molecule has 1 aliphatic carbocycles. The lowest BCUT2D eigenvalue weighted by molar-refractivity contribution is -0.928. The molecule has 2 aromatic carbocycles. The zero-order valence-corrected chi connectivity index (χ0v) is 40.0. The van der Waals surface area contributed by atoms with Crippen LogP contribution < -0.4 is 31.8 Å². The number of nitrogens with zero attached hydrogens (tertiary/aromatic N) is 5. The molecule has 0 spiro atoms. The van der Waals surface area contributed by atoms with Gasteiger partial charge in [-0.15, -0.1) is 0 Å². The van der Waals surface area contributed by atoms with Gasteiger partial charge in [0.2, 0.25) is 5.91 Å². The summed E-state index contributed by atoms with van der Waals surface area (Å²) < 4.78 is 11.9. The van der Waals surface area contributed by atoms with E-state index in [9.17, 15) is 14.8 Å². The smallest absolute Gasteiger partial charge is 0.264 e. The molecule has 2 amide bonds. The number of hydrogen-bond donors (Lipinski definition) is 5. The summed E-state index contributed by atoms with van der Waals surface area (Å²) >= 11 is 14.2. The van der Waals surface area contributed by atoms with Crippen LogP contribution in [-0.4, -0.2) is 112 Å². The van der Waals surface area contributed by atoms with E-state index in [1.54, 1.807) is 30.0 Å². The van der Waals surface area contributed by atoms with Crippen LogP contribution in [0.5, 0.6) is 5.75 Å². The molecule has 5 heterocycles. The maximum atomic E-state index is 15.0. The quantitative estimate of drug-likeness (QED) is 0.0780. The van der Waals surface area contributed by atoms with Gasteiger partial charge in [0.1, 0.15) is 29.3 Å². The van der Waals surface area contributed by atoms with Crippen molar-refractivity contribution in [2.45, 2.75) is 151 Å². The second-order valence-electron chi connectivity index (χ2n) is 18.6. The molecular weight excluding hydrogens is 888 g/mol. The van der Waals surface area contributed by atoms with Gasteiger partial charge >= 0.3 is 0 Å². The Kier molecular flexibility index (Phi) is 16.2. The number of hydrazine groups is 2. The Balaban J connectivity index is 0.706. The van der Waals surface area contributed by atoms with E-state index in [2.05, 4.69) is 56.8 Å². The van der Waals surface area contributed by atoms with Crippen LogP contribution in [0.15, 0.2) is 52.4 Å². The van der Waals surface area contributed by atoms with Crippen molar-refractivity contribution in [2.75, 3.05) is 26.2 Å². The Morgan fingerprint density at radius 1 is 0.969 bits per heavy atom. The molecule has 10 atom stereocenters. The molecule has 6 aliphatic rings. The van der Waals surface area contributed by atoms with Crippen molar-refractivity contribution in [1.29, 1.82) is 5.26 Å². The number of hydrogen-bond acceptors (Lipinski definition) is 13. The Labute approximate surface area is 397 Å². The van der Waals surface area contributed by atoms with E-state index in [0.717, 1.165) is 87.9 Å². The second kappa shape index (κ2) is 21.8. The van der Waals surface area contributed by atoms with Crippen molar-refractivity contribution in [3.63, 3.8) is 0 Å². The van der Waals surface area contributed by atoms with Crippen LogP contribution in [0.25, 0.3) is 0 Å². The van der Waals surface area contributed by atoms with Crippen LogP contribution >= 0.6 is 35.0 Å². The Morgan fingerprint density at radius 2 is 1.74 bits per heavy atom. The molecule has 5 aliphatic heterocycles. The number of carbonyl (C=O) groups excluding carboxylic acids is 2. The number of aliphatic imine (C=N–C) groups is 2. The predicted octanol–water partition coefficient (Wildman–Crippen LogP) is 6.57. The fourth-order valence-corrected chi connectivity index (χ4v) is 12.6. The third-order valence-electron chi connectivity index (χ3n) is 14.4. The van der Waals surface area contributed by atoms with Gasteiger partial charge in [0, 0.05) is 55.2 Å². The van der Waals surface area contributed by atoms with Crippen molar-refractivity contribution in [3.8, 4) is 11.8 Å². The highest BCUT2D eigenvalue weighted by atomic mass is 35.5. The summed E-state index contributed by atoms with van der Waals surface area (Å²) in [7, 11) is 0. The highest BCUT2D eigenvalue weighted by Gasteiger charge is 2.60. The number of amides is 2. The molecule has 1 saturated carbocycles. The summed E-state index contributed by atoms with van der Waals surface area (Å²) in [5.74, 6) is 0.607. The molecule has 15 nitrogen and oxygen atoms in total. The standard InChI is InChI=1S/C47H64Cl2N10O5S/c1-28-29(2)65-47-43(28)44(31-7-10-33(48)11-8-31)53-40(45-57-54-30(3)59(45,47)62)26-42(60)51-21-5-4-6-24-63-35-19-22-58(23-20-35)41-18-17-39(55-56-41)46(61)52-34-12-15-36(16-13-34)64-37-14-9-32(27-50)38(49)25-37/h7-11,14,25,28-30,35-36,39-41,43,45,47,54-57H,4-6,12-13,15-24,26H2,1-3H3,(H,51,60)/t28?,29?,30?,36?,39?,40-,41?,43?,45?,47?,59?/m0/s1.